The molecule has 50 heavy (non-hydrogen) atoms. The van der Waals surface area contributed by atoms with Gasteiger partial charge in [0.25, 0.3) is 0 Å². The molecule has 0 saturated carbocycles. The van der Waals surface area contributed by atoms with E-state index in [4.69, 9.17) is 4.74 Å². The van der Waals surface area contributed by atoms with Crippen molar-refractivity contribution in [2.75, 3.05) is 19.6 Å². The van der Waals surface area contributed by atoms with Crippen molar-refractivity contribution in [3.05, 3.63) is 196 Å². The van der Waals surface area contributed by atoms with Crippen molar-refractivity contribution in [3.8, 4) is 22.3 Å². The molecule has 5 aromatic carbocycles. The average Bonchev–Trinajstić information content (AvgIpc) is 3.79. The Morgan fingerprint density at radius 2 is 1.44 bits per heavy atom. The van der Waals surface area contributed by atoms with Crippen LogP contribution in [0.25, 0.3) is 28.0 Å². The quantitative estimate of drug-likeness (QED) is 0.173. The van der Waals surface area contributed by atoms with Gasteiger partial charge in [0.05, 0.1) is 17.5 Å². The maximum absolute atomic E-state index is 6.74. The van der Waals surface area contributed by atoms with Crippen LogP contribution in [-0.4, -0.2) is 30.6 Å². The number of hydrogen-bond acceptors (Lipinski definition) is 5. The highest BCUT2D eigenvalue weighted by Gasteiger charge is 2.60. The maximum Gasteiger partial charge on any atom is 0.131 e. The zero-order valence-corrected chi connectivity index (χ0v) is 27.6. The van der Waals surface area contributed by atoms with E-state index in [0.717, 1.165) is 31.1 Å². The van der Waals surface area contributed by atoms with E-state index in [2.05, 4.69) is 160 Å². The van der Waals surface area contributed by atoms with Gasteiger partial charge >= 0.3 is 0 Å². The molecule has 5 aromatic rings. The van der Waals surface area contributed by atoms with E-state index in [9.17, 15) is 0 Å². The minimum atomic E-state index is -0.349. The molecule has 0 amide bonds. The lowest BCUT2D eigenvalue weighted by molar-refractivity contribution is 0.277. The second-order valence-corrected chi connectivity index (χ2v) is 14.2. The zero-order valence-electron chi connectivity index (χ0n) is 27.6. The fourth-order valence-corrected chi connectivity index (χ4v) is 9.19. The van der Waals surface area contributed by atoms with Crippen molar-refractivity contribution in [3.63, 3.8) is 0 Å². The summed E-state index contributed by atoms with van der Waals surface area (Å²) in [5, 5.41) is 11.3. The van der Waals surface area contributed by atoms with Gasteiger partial charge in [-0.15, -0.1) is 0 Å². The first-order chi connectivity index (χ1) is 24.8. The van der Waals surface area contributed by atoms with Gasteiger partial charge in [0.2, 0.25) is 0 Å². The standard InChI is InChI=1S/C45H36N4O/c1-3-10-28(11-4-1)39-24-40(29-12-5-2-6-13-29)48-44(47-39)32-15-9-14-30(22-32)31-18-19-34-33-16-7-8-17-35(33)45(36(34)23-31)37-25-46-21-20-42(37)50-43-38(45)26-49-27-41(43)49/h1-24,39,41,44,46-48H,25-27H2. The third-order valence-electron chi connectivity index (χ3n) is 11.6. The van der Waals surface area contributed by atoms with Crippen molar-refractivity contribution in [2.45, 2.75) is 23.7 Å². The summed E-state index contributed by atoms with van der Waals surface area (Å²) < 4.78 is 6.74. The molecule has 5 aliphatic heterocycles. The second-order valence-electron chi connectivity index (χ2n) is 14.2. The van der Waals surface area contributed by atoms with E-state index < -0.39 is 0 Å². The van der Waals surface area contributed by atoms with Gasteiger partial charge in [-0.3, -0.25) is 10.2 Å². The van der Waals surface area contributed by atoms with Crippen LogP contribution in [0.15, 0.2) is 168 Å². The van der Waals surface area contributed by atoms with Crippen molar-refractivity contribution in [1.82, 2.24) is 20.9 Å². The number of ether oxygens (including phenoxy) is 1. The molecule has 1 aliphatic carbocycles. The molecular formula is C45H36N4O. The Labute approximate surface area is 292 Å². The molecule has 242 valence electrons. The van der Waals surface area contributed by atoms with E-state index >= 15 is 0 Å². The molecule has 11 rings (SSSR count). The SMILES string of the molecule is C1=CC2=C(CN1)C1(C3=C(O2)C2CN2C3)c2ccccc2-c2ccc(-c3cccc(C4NC(c5ccccc5)=CC(c5ccccc5)N4)c3)cc21. The molecule has 1 saturated heterocycles. The highest BCUT2D eigenvalue weighted by molar-refractivity contribution is 5.89. The first-order valence-electron chi connectivity index (χ1n) is 17.7. The van der Waals surface area contributed by atoms with Gasteiger partial charge in [-0.05, 0) is 74.4 Å². The molecule has 5 atom stereocenters. The van der Waals surface area contributed by atoms with Crippen LogP contribution < -0.4 is 16.0 Å². The summed E-state index contributed by atoms with van der Waals surface area (Å²) in [7, 11) is 0. The van der Waals surface area contributed by atoms with E-state index in [-0.39, 0.29) is 17.6 Å². The Balaban J connectivity index is 1.03. The number of dihydropyridines is 1. The van der Waals surface area contributed by atoms with Gasteiger partial charge in [0.1, 0.15) is 17.7 Å². The summed E-state index contributed by atoms with van der Waals surface area (Å²) in [6, 6.07) is 47.1. The first kappa shape index (κ1) is 28.2. The fourth-order valence-electron chi connectivity index (χ4n) is 9.19. The van der Waals surface area contributed by atoms with Crippen molar-refractivity contribution >= 4 is 5.70 Å². The topological polar surface area (TPSA) is 48.3 Å². The fraction of sp³-hybridized carbons (Fsp3) is 0.156. The van der Waals surface area contributed by atoms with Crippen molar-refractivity contribution < 1.29 is 4.74 Å². The van der Waals surface area contributed by atoms with Crippen LogP contribution in [0.2, 0.25) is 0 Å². The summed E-state index contributed by atoms with van der Waals surface area (Å²) in [4.78, 5) is 2.54. The minimum absolute atomic E-state index is 0.0688. The molecule has 5 unspecified atom stereocenters. The van der Waals surface area contributed by atoms with E-state index in [1.807, 2.05) is 6.20 Å². The largest absolute Gasteiger partial charge is 0.460 e. The lowest BCUT2D eigenvalue weighted by Gasteiger charge is -2.42. The molecular weight excluding hydrogens is 613 g/mol. The van der Waals surface area contributed by atoms with Gasteiger partial charge in [-0.1, -0.05) is 115 Å². The molecule has 1 spiro atoms. The van der Waals surface area contributed by atoms with Crippen LogP contribution in [0.4, 0.5) is 0 Å². The highest BCUT2D eigenvalue weighted by atomic mass is 16.5. The Morgan fingerprint density at radius 3 is 2.34 bits per heavy atom. The van der Waals surface area contributed by atoms with Gasteiger partial charge < -0.3 is 15.4 Å². The maximum atomic E-state index is 6.74. The van der Waals surface area contributed by atoms with Gasteiger partial charge in [0.15, 0.2) is 0 Å². The number of hydrogen-bond donors (Lipinski definition) is 3. The number of rotatable bonds is 4. The summed E-state index contributed by atoms with van der Waals surface area (Å²) in [6.07, 6.45) is 6.41. The van der Waals surface area contributed by atoms with Gasteiger partial charge in [-0.2, -0.15) is 0 Å². The Morgan fingerprint density at radius 1 is 0.680 bits per heavy atom. The minimum Gasteiger partial charge on any atom is -0.460 e. The predicted molar refractivity (Wildman–Crippen MR) is 198 cm³/mol. The molecule has 3 N–H and O–H groups in total. The van der Waals surface area contributed by atoms with Crippen LogP contribution in [0.1, 0.15) is 40.0 Å². The van der Waals surface area contributed by atoms with Crippen LogP contribution in [-0.2, 0) is 10.2 Å². The first-order valence-corrected chi connectivity index (χ1v) is 17.7. The molecule has 0 bridgehead atoms. The Kier molecular flexibility index (Phi) is 6.04. The third-order valence-corrected chi connectivity index (χ3v) is 11.6. The summed E-state index contributed by atoms with van der Waals surface area (Å²) in [5.74, 6) is 2.19. The Hall–Kier alpha value is -5.62. The lowest BCUT2D eigenvalue weighted by atomic mass is 9.64. The zero-order chi connectivity index (χ0) is 32.8. The van der Waals surface area contributed by atoms with Crippen LogP contribution in [0.3, 0.4) is 0 Å². The second kappa shape index (κ2) is 10.7. The number of nitrogens with one attached hydrogen (secondary N) is 3. The van der Waals surface area contributed by atoms with Crippen LogP contribution in [0.5, 0.6) is 0 Å². The van der Waals surface area contributed by atoms with Crippen LogP contribution >= 0.6 is 0 Å². The van der Waals surface area contributed by atoms with E-state index in [1.165, 1.54) is 67.0 Å². The van der Waals surface area contributed by atoms with Gasteiger partial charge in [-0.25, -0.2) is 0 Å². The molecule has 1 fully saturated rings. The third kappa shape index (κ3) is 4.08. The summed E-state index contributed by atoms with van der Waals surface area (Å²) in [5.41, 5.74) is 15.0. The lowest BCUT2D eigenvalue weighted by Crippen LogP contribution is -2.41. The molecule has 5 heterocycles. The number of allylic oxidation sites excluding steroid dienone is 1. The number of fused-ring (bicyclic) bond motifs is 9. The van der Waals surface area contributed by atoms with Crippen LogP contribution in [0, 0.1) is 0 Å². The summed E-state index contributed by atoms with van der Waals surface area (Å²) in [6.45, 7) is 2.81. The molecule has 0 aromatic heterocycles. The number of nitrogens with zero attached hydrogens (tertiary/aromatic N) is 1. The molecule has 5 nitrogen and oxygen atoms in total. The summed E-state index contributed by atoms with van der Waals surface area (Å²) >= 11 is 0. The predicted octanol–water partition coefficient (Wildman–Crippen LogP) is 7.95. The molecule has 0 radical (unpaired) electrons. The monoisotopic (exact) mass is 648 g/mol. The van der Waals surface area contributed by atoms with E-state index in [0.29, 0.717) is 6.04 Å². The van der Waals surface area contributed by atoms with Gasteiger partial charge in [0, 0.05) is 42.7 Å². The highest BCUT2D eigenvalue weighted by Crippen LogP contribution is 2.63. The number of benzene rings is 5. The van der Waals surface area contributed by atoms with E-state index in [1.54, 1.807) is 0 Å². The van der Waals surface area contributed by atoms with Crippen molar-refractivity contribution in [2.24, 2.45) is 0 Å². The normalized spacial score (nSPS) is 26.5. The molecule has 6 aliphatic rings. The average molecular weight is 649 g/mol. The smallest absolute Gasteiger partial charge is 0.131 e. The molecule has 5 heteroatoms. The Bertz CT molecular complexity index is 2340. The van der Waals surface area contributed by atoms with Crippen molar-refractivity contribution in [1.29, 1.82) is 0 Å².